The van der Waals surface area contributed by atoms with E-state index in [0.29, 0.717) is 13.0 Å². The van der Waals surface area contributed by atoms with Crippen LogP contribution < -0.4 is 10.5 Å². The molecule has 0 aliphatic rings. The van der Waals surface area contributed by atoms with Crippen molar-refractivity contribution >= 4 is 33.8 Å². The molecule has 4 nitrogen and oxygen atoms in total. The summed E-state index contributed by atoms with van der Waals surface area (Å²) in [7, 11) is -3.23. The van der Waals surface area contributed by atoms with Gasteiger partial charge in [0.25, 0.3) is 0 Å². The number of aryl methyl sites for hydroxylation is 1. The van der Waals surface area contributed by atoms with Gasteiger partial charge in [-0.3, -0.25) is 0 Å². The molecular weight excluding hydrogens is 304 g/mol. The van der Waals surface area contributed by atoms with E-state index in [1.807, 2.05) is 31.4 Å². The fourth-order valence-corrected chi connectivity index (χ4v) is 3.49. The molecule has 1 rings (SSSR count). The van der Waals surface area contributed by atoms with E-state index in [2.05, 4.69) is 4.72 Å². The van der Waals surface area contributed by atoms with Gasteiger partial charge in [-0.15, -0.1) is 23.7 Å². The molecule has 0 spiro atoms. The monoisotopic (exact) mass is 326 g/mol. The van der Waals surface area contributed by atoms with Crippen molar-refractivity contribution in [2.75, 3.05) is 12.3 Å². The van der Waals surface area contributed by atoms with Crippen molar-refractivity contribution in [2.45, 2.75) is 38.6 Å². The molecule has 0 radical (unpaired) electrons. The van der Waals surface area contributed by atoms with Crippen LogP contribution in [0.2, 0.25) is 0 Å². The normalized spacial score (nSPS) is 12.2. The number of thiophene rings is 1. The fourth-order valence-electron chi connectivity index (χ4n) is 1.52. The highest BCUT2D eigenvalue weighted by molar-refractivity contribution is 7.89. The molecule has 0 saturated carbocycles. The molecule has 0 atom stereocenters. The molecule has 1 aromatic heterocycles. The van der Waals surface area contributed by atoms with Gasteiger partial charge in [0.1, 0.15) is 0 Å². The molecule has 0 aromatic carbocycles. The minimum Gasteiger partial charge on any atom is -0.324 e. The molecule has 7 heteroatoms. The molecule has 3 N–H and O–H groups in total. The first-order valence-corrected chi connectivity index (χ1v) is 8.72. The lowest BCUT2D eigenvalue weighted by molar-refractivity contribution is 0.392. The molecule has 0 bridgehead atoms. The maximum absolute atomic E-state index is 11.8. The second kappa shape index (κ2) is 8.21. The van der Waals surface area contributed by atoms with Gasteiger partial charge in [-0.1, -0.05) is 19.9 Å². The molecule has 0 unspecified atom stereocenters. The van der Waals surface area contributed by atoms with Crippen LogP contribution in [0.5, 0.6) is 0 Å². The molecule has 19 heavy (non-hydrogen) atoms. The lowest BCUT2D eigenvalue weighted by Crippen LogP contribution is -2.49. The highest BCUT2D eigenvalue weighted by Crippen LogP contribution is 2.12. The van der Waals surface area contributed by atoms with Crippen LogP contribution in [-0.2, 0) is 16.4 Å². The van der Waals surface area contributed by atoms with Gasteiger partial charge in [0.05, 0.1) is 5.75 Å². The zero-order chi connectivity index (χ0) is 13.6. The van der Waals surface area contributed by atoms with Crippen LogP contribution in [-0.4, -0.2) is 26.3 Å². The van der Waals surface area contributed by atoms with Gasteiger partial charge in [0.2, 0.25) is 10.0 Å². The van der Waals surface area contributed by atoms with Crippen LogP contribution in [0, 0.1) is 0 Å². The number of halogens is 1. The van der Waals surface area contributed by atoms with Crippen molar-refractivity contribution < 1.29 is 8.42 Å². The molecule has 1 aromatic rings. The SMILES string of the molecule is CCC(N)(CC)CNS(=O)(=O)CCc1cccs1.Cl. The number of sulfonamides is 1. The number of rotatable bonds is 8. The lowest BCUT2D eigenvalue weighted by Gasteiger charge is -2.26. The minimum absolute atomic E-state index is 0. The molecule has 0 aliphatic carbocycles. The van der Waals surface area contributed by atoms with Crippen molar-refractivity contribution in [2.24, 2.45) is 5.73 Å². The van der Waals surface area contributed by atoms with Gasteiger partial charge in [-0.2, -0.15) is 0 Å². The Hall–Kier alpha value is -0.140. The van der Waals surface area contributed by atoms with Crippen LogP contribution in [0.25, 0.3) is 0 Å². The molecule has 1 heterocycles. The fraction of sp³-hybridized carbons (Fsp3) is 0.667. The summed E-state index contributed by atoms with van der Waals surface area (Å²) < 4.78 is 26.3. The summed E-state index contributed by atoms with van der Waals surface area (Å²) in [6.07, 6.45) is 2.08. The quantitative estimate of drug-likeness (QED) is 0.769. The molecule has 0 amide bonds. The third kappa shape index (κ3) is 6.72. The van der Waals surface area contributed by atoms with Crippen LogP contribution in [0.4, 0.5) is 0 Å². The maximum atomic E-state index is 11.8. The summed E-state index contributed by atoms with van der Waals surface area (Å²) in [5.74, 6) is 0.122. The van der Waals surface area contributed by atoms with E-state index in [1.165, 1.54) is 0 Å². The van der Waals surface area contributed by atoms with Crippen molar-refractivity contribution in [1.29, 1.82) is 0 Å². The Balaban J connectivity index is 0.00000324. The second-order valence-corrected chi connectivity index (χ2v) is 7.50. The van der Waals surface area contributed by atoms with Gasteiger partial charge in [0, 0.05) is 17.0 Å². The van der Waals surface area contributed by atoms with Gasteiger partial charge >= 0.3 is 0 Å². The lowest BCUT2D eigenvalue weighted by atomic mass is 9.95. The Morgan fingerprint density at radius 3 is 2.47 bits per heavy atom. The largest absolute Gasteiger partial charge is 0.324 e. The van der Waals surface area contributed by atoms with E-state index < -0.39 is 15.6 Å². The van der Waals surface area contributed by atoms with Gasteiger partial charge in [0.15, 0.2) is 0 Å². The number of hydrogen-bond donors (Lipinski definition) is 2. The first-order chi connectivity index (χ1) is 8.41. The zero-order valence-electron chi connectivity index (χ0n) is 11.4. The van der Waals surface area contributed by atoms with Crippen molar-refractivity contribution in [3.05, 3.63) is 22.4 Å². The Morgan fingerprint density at radius 2 is 2.00 bits per heavy atom. The van der Waals surface area contributed by atoms with Gasteiger partial charge in [-0.25, -0.2) is 13.1 Å². The zero-order valence-corrected chi connectivity index (χ0v) is 13.8. The van der Waals surface area contributed by atoms with E-state index in [1.54, 1.807) is 11.3 Å². The third-order valence-corrected chi connectivity index (χ3v) is 5.51. The summed E-state index contributed by atoms with van der Waals surface area (Å²) >= 11 is 1.58. The van der Waals surface area contributed by atoms with Crippen molar-refractivity contribution in [1.82, 2.24) is 4.72 Å². The smallest absolute Gasteiger partial charge is 0.212 e. The molecule has 0 fully saturated rings. The highest BCUT2D eigenvalue weighted by Gasteiger charge is 2.22. The first kappa shape index (κ1) is 18.9. The molecule has 0 saturated heterocycles. The Bertz CT molecular complexity index is 442. The van der Waals surface area contributed by atoms with Crippen molar-refractivity contribution in [3.8, 4) is 0 Å². The van der Waals surface area contributed by atoms with Crippen molar-refractivity contribution in [3.63, 3.8) is 0 Å². The average molecular weight is 327 g/mol. The summed E-state index contributed by atoms with van der Waals surface area (Å²) in [4.78, 5) is 1.09. The van der Waals surface area contributed by atoms with E-state index in [0.717, 1.165) is 17.7 Å². The number of nitrogens with two attached hydrogens (primary N) is 1. The summed E-state index contributed by atoms with van der Waals surface area (Å²) in [5.41, 5.74) is 5.64. The highest BCUT2D eigenvalue weighted by atomic mass is 35.5. The van der Waals surface area contributed by atoms with E-state index in [9.17, 15) is 8.42 Å². The summed E-state index contributed by atoms with van der Waals surface area (Å²) in [6, 6.07) is 3.88. The Labute approximate surface area is 126 Å². The minimum atomic E-state index is -3.23. The topological polar surface area (TPSA) is 72.2 Å². The van der Waals surface area contributed by atoms with Crippen LogP contribution in [0.3, 0.4) is 0 Å². The standard InChI is InChI=1S/C12H22N2O2S2.ClH/c1-3-12(13,4-2)10-14-18(15,16)9-7-11-6-5-8-17-11;/h5-6,8,14H,3-4,7,9-10,13H2,1-2H3;1H. The number of nitrogens with one attached hydrogen (secondary N) is 1. The predicted octanol–water partition coefficient (Wildman–Crippen LogP) is 2.15. The number of hydrogen-bond acceptors (Lipinski definition) is 4. The van der Waals surface area contributed by atoms with Gasteiger partial charge in [-0.05, 0) is 30.7 Å². The molecule has 0 aliphatic heterocycles. The second-order valence-electron chi connectivity index (χ2n) is 4.54. The molecule has 112 valence electrons. The maximum Gasteiger partial charge on any atom is 0.212 e. The Morgan fingerprint density at radius 1 is 1.37 bits per heavy atom. The van der Waals surface area contributed by atoms with E-state index in [-0.39, 0.29) is 18.2 Å². The van der Waals surface area contributed by atoms with Crippen LogP contribution >= 0.6 is 23.7 Å². The van der Waals surface area contributed by atoms with E-state index in [4.69, 9.17) is 5.73 Å². The predicted molar refractivity (Wildman–Crippen MR) is 84.6 cm³/mol. The average Bonchev–Trinajstić information content (AvgIpc) is 2.87. The van der Waals surface area contributed by atoms with Crippen LogP contribution in [0.1, 0.15) is 31.6 Å². The first-order valence-electron chi connectivity index (χ1n) is 6.19. The summed E-state index contributed by atoms with van der Waals surface area (Å²) in [6.45, 7) is 4.26. The van der Waals surface area contributed by atoms with E-state index >= 15 is 0 Å². The molecular formula is C12H23ClN2O2S2. The van der Waals surface area contributed by atoms with Gasteiger partial charge < -0.3 is 5.73 Å². The summed E-state index contributed by atoms with van der Waals surface area (Å²) in [5, 5.41) is 1.95. The van der Waals surface area contributed by atoms with Crippen LogP contribution in [0.15, 0.2) is 17.5 Å². The third-order valence-electron chi connectivity index (χ3n) is 3.25. The Kier molecular flexibility index (Phi) is 8.15.